The summed E-state index contributed by atoms with van der Waals surface area (Å²) in [5, 5.41) is 19.7. The van der Waals surface area contributed by atoms with Crippen molar-refractivity contribution in [2.75, 3.05) is 0 Å². The van der Waals surface area contributed by atoms with Crippen LogP contribution < -0.4 is 4.74 Å². The zero-order valence-corrected chi connectivity index (χ0v) is 10.2. The molecule has 0 heterocycles. The summed E-state index contributed by atoms with van der Waals surface area (Å²) in [6.07, 6.45) is 0. The standard InChI is InChI=1S/C9H6BrF2NO5/c10-3-4-1-2-5(18-9(11)12)7(13(16)17)6(4)8(14)15/h1-2,9H,3H2,(H,14,15). The lowest BCUT2D eigenvalue weighted by molar-refractivity contribution is -0.386. The van der Waals surface area contributed by atoms with Crippen molar-refractivity contribution < 1.29 is 28.3 Å². The van der Waals surface area contributed by atoms with Crippen LogP contribution in [0.25, 0.3) is 0 Å². The number of carbonyl (C=O) groups is 1. The summed E-state index contributed by atoms with van der Waals surface area (Å²) < 4.78 is 28.1. The minimum absolute atomic E-state index is 0.0322. The van der Waals surface area contributed by atoms with Crippen LogP contribution in [0.15, 0.2) is 12.1 Å². The van der Waals surface area contributed by atoms with Crippen LogP contribution in [0.2, 0.25) is 0 Å². The smallest absolute Gasteiger partial charge is 0.387 e. The fourth-order valence-electron chi connectivity index (χ4n) is 1.34. The van der Waals surface area contributed by atoms with Crippen LogP contribution in [0.1, 0.15) is 15.9 Å². The Bertz CT molecular complexity index is 494. The van der Waals surface area contributed by atoms with Crippen molar-refractivity contribution in [1.82, 2.24) is 0 Å². The van der Waals surface area contributed by atoms with E-state index < -0.39 is 34.5 Å². The highest BCUT2D eigenvalue weighted by Crippen LogP contribution is 2.35. The van der Waals surface area contributed by atoms with E-state index >= 15 is 0 Å². The van der Waals surface area contributed by atoms with Crippen molar-refractivity contribution in [3.8, 4) is 5.75 Å². The highest BCUT2D eigenvalue weighted by atomic mass is 79.9. The molecule has 0 unspecified atom stereocenters. The Kier molecular flexibility index (Phi) is 4.54. The number of nitro groups is 1. The predicted molar refractivity (Wildman–Crippen MR) is 59.3 cm³/mol. The van der Waals surface area contributed by atoms with E-state index in [9.17, 15) is 23.7 Å². The predicted octanol–water partition coefficient (Wildman–Crippen LogP) is 2.79. The van der Waals surface area contributed by atoms with Crippen LogP contribution in [0, 0.1) is 10.1 Å². The summed E-state index contributed by atoms with van der Waals surface area (Å²) in [6, 6.07) is 2.11. The number of carboxylic acid groups (broad SMARTS) is 1. The average Bonchev–Trinajstić information content (AvgIpc) is 2.26. The third-order valence-corrected chi connectivity index (χ3v) is 2.59. The van der Waals surface area contributed by atoms with Gasteiger partial charge >= 0.3 is 18.3 Å². The van der Waals surface area contributed by atoms with Gasteiger partial charge in [-0.25, -0.2) is 4.79 Å². The average molecular weight is 326 g/mol. The molecule has 0 fully saturated rings. The zero-order chi connectivity index (χ0) is 13.9. The van der Waals surface area contributed by atoms with Crippen LogP contribution in [0.4, 0.5) is 14.5 Å². The third kappa shape index (κ3) is 2.92. The lowest BCUT2D eigenvalue weighted by Crippen LogP contribution is -2.11. The molecule has 0 saturated carbocycles. The zero-order valence-electron chi connectivity index (χ0n) is 8.60. The number of nitrogens with zero attached hydrogens (tertiary/aromatic N) is 1. The summed E-state index contributed by atoms with van der Waals surface area (Å²) in [5.41, 5.74) is -1.56. The number of nitro benzene ring substituents is 1. The SMILES string of the molecule is O=C(O)c1c(CBr)ccc(OC(F)F)c1[N+](=O)[O-]. The van der Waals surface area contributed by atoms with Crippen molar-refractivity contribution in [3.05, 3.63) is 33.4 Å². The molecule has 0 aromatic heterocycles. The fourth-order valence-corrected chi connectivity index (χ4v) is 1.80. The number of ether oxygens (including phenoxy) is 1. The van der Waals surface area contributed by atoms with Gasteiger partial charge in [0.15, 0.2) is 0 Å². The normalized spacial score (nSPS) is 10.4. The second-order valence-corrected chi connectivity index (χ2v) is 3.58. The topological polar surface area (TPSA) is 89.7 Å². The van der Waals surface area contributed by atoms with Gasteiger partial charge < -0.3 is 9.84 Å². The first kappa shape index (κ1) is 14.3. The van der Waals surface area contributed by atoms with E-state index in [-0.39, 0.29) is 10.9 Å². The Balaban J connectivity index is 3.51. The van der Waals surface area contributed by atoms with Crippen LogP contribution in [0.3, 0.4) is 0 Å². The summed E-state index contributed by atoms with van der Waals surface area (Å²) >= 11 is 2.96. The minimum Gasteiger partial charge on any atom is -0.477 e. The number of aromatic carboxylic acids is 1. The van der Waals surface area contributed by atoms with E-state index in [0.29, 0.717) is 0 Å². The molecule has 1 aromatic carbocycles. The van der Waals surface area contributed by atoms with Crippen molar-refractivity contribution >= 4 is 27.6 Å². The van der Waals surface area contributed by atoms with Gasteiger partial charge in [-0.3, -0.25) is 10.1 Å². The molecule has 0 aliphatic carbocycles. The van der Waals surface area contributed by atoms with Gasteiger partial charge in [-0.1, -0.05) is 22.0 Å². The Labute approximate surface area is 107 Å². The largest absolute Gasteiger partial charge is 0.477 e. The van der Waals surface area contributed by atoms with Crippen LogP contribution >= 0.6 is 15.9 Å². The molecule has 1 rings (SSSR count). The number of rotatable bonds is 5. The quantitative estimate of drug-likeness (QED) is 0.510. The molecule has 0 spiro atoms. The van der Waals surface area contributed by atoms with E-state index in [1.807, 2.05) is 0 Å². The Morgan fingerprint density at radius 1 is 1.56 bits per heavy atom. The number of hydrogen-bond acceptors (Lipinski definition) is 4. The van der Waals surface area contributed by atoms with Crippen LogP contribution in [-0.4, -0.2) is 22.6 Å². The van der Waals surface area contributed by atoms with Crippen molar-refractivity contribution in [2.24, 2.45) is 0 Å². The van der Waals surface area contributed by atoms with E-state index in [1.54, 1.807) is 0 Å². The van der Waals surface area contributed by atoms with Gasteiger partial charge in [0, 0.05) is 5.33 Å². The van der Waals surface area contributed by atoms with E-state index in [2.05, 4.69) is 20.7 Å². The fraction of sp³-hybridized carbons (Fsp3) is 0.222. The first-order valence-corrected chi connectivity index (χ1v) is 5.55. The Morgan fingerprint density at radius 3 is 2.56 bits per heavy atom. The molecule has 0 aliphatic rings. The molecule has 1 N–H and O–H groups in total. The third-order valence-electron chi connectivity index (χ3n) is 1.98. The van der Waals surface area contributed by atoms with E-state index in [1.165, 1.54) is 6.07 Å². The molecule has 0 radical (unpaired) electrons. The highest BCUT2D eigenvalue weighted by Gasteiger charge is 2.30. The maximum atomic E-state index is 12.1. The summed E-state index contributed by atoms with van der Waals surface area (Å²) in [6.45, 7) is -3.28. The first-order chi connectivity index (χ1) is 8.38. The summed E-state index contributed by atoms with van der Waals surface area (Å²) in [7, 11) is 0. The maximum Gasteiger partial charge on any atom is 0.387 e. The second kappa shape index (κ2) is 5.71. The number of halogens is 3. The molecule has 0 bridgehead atoms. The highest BCUT2D eigenvalue weighted by molar-refractivity contribution is 9.08. The number of hydrogen-bond donors (Lipinski definition) is 1. The van der Waals surface area contributed by atoms with Gasteiger partial charge in [-0.05, 0) is 11.6 Å². The lowest BCUT2D eigenvalue weighted by atomic mass is 10.1. The lowest BCUT2D eigenvalue weighted by Gasteiger charge is -2.09. The number of alkyl halides is 3. The van der Waals surface area contributed by atoms with E-state index in [4.69, 9.17) is 5.11 Å². The van der Waals surface area contributed by atoms with Crippen molar-refractivity contribution in [2.45, 2.75) is 11.9 Å². The monoisotopic (exact) mass is 325 g/mol. The first-order valence-electron chi connectivity index (χ1n) is 4.42. The van der Waals surface area contributed by atoms with Gasteiger partial charge in [-0.15, -0.1) is 0 Å². The van der Waals surface area contributed by atoms with Crippen LogP contribution in [0.5, 0.6) is 5.75 Å². The Morgan fingerprint density at radius 2 is 2.17 bits per heavy atom. The number of carboxylic acids is 1. The van der Waals surface area contributed by atoms with Crippen molar-refractivity contribution in [1.29, 1.82) is 0 Å². The molecule has 0 aliphatic heterocycles. The molecule has 1 aromatic rings. The molecular weight excluding hydrogens is 320 g/mol. The molecule has 0 amide bonds. The molecular formula is C9H6BrF2NO5. The maximum absolute atomic E-state index is 12.1. The minimum atomic E-state index is -3.28. The summed E-state index contributed by atoms with van der Waals surface area (Å²) in [4.78, 5) is 20.7. The van der Waals surface area contributed by atoms with Gasteiger partial charge in [-0.2, -0.15) is 8.78 Å². The van der Waals surface area contributed by atoms with Crippen LogP contribution in [-0.2, 0) is 5.33 Å². The number of benzene rings is 1. The molecule has 0 atom stereocenters. The second-order valence-electron chi connectivity index (χ2n) is 3.02. The summed E-state index contributed by atoms with van der Waals surface area (Å²) in [5.74, 6) is -2.37. The van der Waals surface area contributed by atoms with Crippen molar-refractivity contribution in [3.63, 3.8) is 0 Å². The molecule has 18 heavy (non-hydrogen) atoms. The van der Waals surface area contributed by atoms with Gasteiger partial charge in [0.05, 0.1) is 4.92 Å². The molecule has 0 saturated heterocycles. The van der Waals surface area contributed by atoms with Gasteiger partial charge in [0.25, 0.3) is 0 Å². The molecule has 9 heteroatoms. The van der Waals surface area contributed by atoms with E-state index in [0.717, 1.165) is 6.07 Å². The molecule has 98 valence electrons. The Hall–Kier alpha value is -1.77. The van der Waals surface area contributed by atoms with Gasteiger partial charge in [0.1, 0.15) is 5.56 Å². The molecule has 6 nitrogen and oxygen atoms in total. The van der Waals surface area contributed by atoms with Gasteiger partial charge in [0.2, 0.25) is 5.75 Å².